The molecule has 0 atom stereocenters. The first kappa shape index (κ1) is 10.0. The average molecular weight is 209 g/mol. The Labute approximate surface area is 88.5 Å². The lowest BCUT2D eigenvalue weighted by atomic mass is 10.4. The van der Waals surface area contributed by atoms with Crippen LogP contribution in [0.1, 0.15) is 24.5 Å². The summed E-state index contributed by atoms with van der Waals surface area (Å²) in [6.45, 7) is 3.91. The van der Waals surface area contributed by atoms with Gasteiger partial charge in [-0.25, -0.2) is 9.78 Å². The van der Waals surface area contributed by atoms with Crippen LogP contribution in [-0.2, 0) is 6.54 Å². The monoisotopic (exact) mass is 209 g/mol. The lowest BCUT2D eigenvalue weighted by Crippen LogP contribution is -2.37. The first-order valence-electron chi connectivity index (χ1n) is 5.20. The Morgan fingerprint density at radius 2 is 2.33 bits per heavy atom. The maximum atomic E-state index is 11.6. The van der Waals surface area contributed by atoms with Gasteiger partial charge in [0.05, 0.1) is 12.7 Å². The number of carbonyl (C=O) groups excluding carboxylic acids is 1. The van der Waals surface area contributed by atoms with E-state index in [-0.39, 0.29) is 6.03 Å². The molecule has 0 aliphatic carbocycles. The van der Waals surface area contributed by atoms with Crippen LogP contribution < -0.4 is 5.32 Å². The molecule has 1 aromatic rings. The smallest absolute Gasteiger partial charge is 0.317 e. The van der Waals surface area contributed by atoms with Crippen molar-refractivity contribution in [2.24, 2.45) is 0 Å². The first-order valence-corrected chi connectivity index (χ1v) is 5.20. The molecule has 5 heteroatoms. The highest BCUT2D eigenvalue weighted by molar-refractivity contribution is 5.74. The van der Waals surface area contributed by atoms with E-state index in [9.17, 15) is 4.79 Å². The van der Waals surface area contributed by atoms with E-state index in [1.807, 2.05) is 11.8 Å². The fraction of sp³-hybridized carbons (Fsp3) is 0.600. The molecule has 2 heterocycles. The van der Waals surface area contributed by atoms with Gasteiger partial charge in [0, 0.05) is 13.1 Å². The van der Waals surface area contributed by atoms with E-state index in [0.29, 0.717) is 12.4 Å². The number of likely N-dealkylation sites (tertiary alicyclic amines) is 1. The van der Waals surface area contributed by atoms with Crippen LogP contribution >= 0.6 is 0 Å². The molecule has 0 radical (unpaired) electrons. The third-order valence-electron chi connectivity index (χ3n) is 2.45. The number of hydrogen-bond acceptors (Lipinski definition) is 3. The molecule has 1 N–H and O–H groups in total. The van der Waals surface area contributed by atoms with Crippen LogP contribution in [0.4, 0.5) is 4.79 Å². The minimum absolute atomic E-state index is 0.0247. The van der Waals surface area contributed by atoms with Crippen molar-refractivity contribution in [3.8, 4) is 0 Å². The predicted octanol–water partition coefficient (Wildman–Crippen LogP) is 1.29. The fourth-order valence-electron chi connectivity index (χ4n) is 1.67. The van der Waals surface area contributed by atoms with Crippen molar-refractivity contribution in [3.05, 3.63) is 17.8 Å². The van der Waals surface area contributed by atoms with Gasteiger partial charge >= 0.3 is 6.03 Å². The third kappa shape index (κ3) is 2.49. The molecule has 1 aliphatic heterocycles. The van der Waals surface area contributed by atoms with E-state index in [0.717, 1.165) is 31.7 Å². The molecule has 0 aromatic carbocycles. The molecule has 1 aliphatic rings. The van der Waals surface area contributed by atoms with Gasteiger partial charge < -0.3 is 14.6 Å². The molecule has 15 heavy (non-hydrogen) atoms. The van der Waals surface area contributed by atoms with Gasteiger partial charge in [-0.3, -0.25) is 0 Å². The molecule has 82 valence electrons. The molecule has 0 bridgehead atoms. The van der Waals surface area contributed by atoms with Crippen molar-refractivity contribution in [1.29, 1.82) is 0 Å². The summed E-state index contributed by atoms with van der Waals surface area (Å²) >= 11 is 0. The lowest BCUT2D eigenvalue weighted by Gasteiger charge is -2.14. The van der Waals surface area contributed by atoms with Gasteiger partial charge in [0.15, 0.2) is 0 Å². The van der Waals surface area contributed by atoms with Crippen LogP contribution in [0.2, 0.25) is 0 Å². The minimum Gasteiger partial charge on any atom is -0.444 e. The summed E-state index contributed by atoms with van der Waals surface area (Å²) in [5.74, 6) is 1.32. The van der Waals surface area contributed by atoms with E-state index < -0.39 is 0 Å². The standard InChI is InChI=1S/C10H15N3O2/c1-8-6-11-9(15-8)7-12-10(14)13-4-2-3-5-13/h6H,2-5,7H2,1H3,(H,12,14). The van der Waals surface area contributed by atoms with E-state index in [2.05, 4.69) is 10.3 Å². The van der Waals surface area contributed by atoms with Gasteiger partial charge in [-0.1, -0.05) is 0 Å². The number of carbonyl (C=O) groups is 1. The molecule has 0 unspecified atom stereocenters. The second-order valence-corrected chi connectivity index (χ2v) is 3.72. The quantitative estimate of drug-likeness (QED) is 0.798. The second-order valence-electron chi connectivity index (χ2n) is 3.72. The highest BCUT2D eigenvalue weighted by atomic mass is 16.4. The van der Waals surface area contributed by atoms with Crippen molar-refractivity contribution in [2.45, 2.75) is 26.3 Å². The average Bonchev–Trinajstić information content (AvgIpc) is 2.84. The number of nitrogens with zero attached hydrogens (tertiary/aromatic N) is 2. The summed E-state index contributed by atoms with van der Waals surface area (Å²) in [6.07, 6.45) is 3.86. The summed E-state index contributed by atoms with van der Waals surface area (Å²) in [7, 11) is 0. The Balaban J connectivity index is 1.80. The van der Waals surface area contributed by atoms with E-state index in [1.54, 1.807) is 6.20 Å². The fourth-order valence-corrected chi connectivity index (χ4v) is 1.67. The number of urea groups is 1. The van der Waals surface area contributed by atoms with Crippen molar-refractivity contribution in [2.75, 3.05) is 13.1 Å². The van der Waals surface area contributed by atoms with Crippen molar-refractivity contribution in [1.82, 2.24) is 15.2 Å². The van der Waals surface area contributed by atoms with Crippen LogP contribution in [0.3, 0.4) is 0 Å². The zero-order chi connectivity index (χ0) is 10.7. The summed E-state index contributed by atoms with van der Waals surface area (Å²) in [6, 6.07) is -0.0247. The Kier molecular flexibility index (Phi) is 2.89. The number of aromatic nitrogens is 1. The molecule has 2 amide bonds. The molecule has 5 nitrogen and oxygen atoms in total. The Morgan fingerprint density at radius 1 is 1.60 bits per heavy atom. The van der Waals surface area contributed by atoms with Gasteiger partial charge in [-0.2, -0.15) is 0 Å². The van der Waals surface area contributed by atoms with Gasteiger partial charge in [-0.15, -0.1) is 0 Å². The predicted molar refractivity (Wildman–Crippen MR) is 54.3 cm³/mol. The Hall–Kier alpha value is -1.52. The summed E-state index contributed by atoms with van der Waals surface area (Å²) in [5.41, 5.74) is 0. The van der Waals surface area contributed by atoms with Crippen molar-refractivity contribution in [3.63, 3.8) is 0 Å². The summed E-state index contributed by atoms with van der Waals surface area (Å²) < 4.78 is 5.25. The number of aryl methyl sites for hydroxylation is 1. The molecule has 1 aromatic heterocycles. The van der Waals surface area contributed by atoms with Crippen LogP contribution in [0.25, 0.3) is 0 Å². The van der Waals surface area contributed by atoms with Crippen LogP contribution in [-0.4, -0.2) is 29.0 Å². The SMILES string of the molecule is Cc1cnc(CNC(=O)N2CCCC2)o1. The third-order valence-corrected chi connectivity index (χ3v) is 2.45. The highest BCUT2D eigenvalue weighted by Gasteiger charge is 2.17. The Morgan fingerprint density at radius 3 is 2.93 bits per heavy atom. The number of rotatable bonds is 2. The number of hydrogen-bond donors (Lipinski definition) is 1. The van der Waals surface area contributed by atoms with Crippen molar-refractivity contribution < 1.29 is 9.21 Å². The second kappa shape index (κ2) is 4.33. The minimum atomic E-state index is -0.0247. The van der Waals surface area contributed by atoms with Crippen LogP contribution in [0.15, 0.2) is 10.6 Å². The highest BCUT2D eigenvalue weighted by Crippen LogP contribution is 2.07. The van der Waals surface area contributed by atoms with Gasteiger partial charge in [0.1, 0.15) is 5.76 Å². The summed E-state index contributed by atoms with van der Waals surface area (Å²) in [5, 5.41) is 2.78. The largest absolute Gasteiger partial charge is 0.444 e. The molecule has 2 rings (SSSR count). The van der Waals surface area contributed by atoms with Gasteiger partial charge in [-0.05, 0) is 19.8 Å². The maximum absolute atomic E-state index is 11.6. The van der Waals surface area contributed by atoms with Crippen LogP contribution in [0, 0.1) is 6.92 Å². The van der Waals surface area contributed by atoms with E-state index >= 15 is 0 Å². The lowest BCUT2D eigenvalue weighted by molar-refractivity contribution is 0.207. The van der Waals surface area contributed by atoms with Gasteiger partial charge in [0.2, 0.25) is 5.89 Å². The molecular weight excluding hydrogens is 194 g/mol. The normalized spacial score (nSPS) is 15.7. The number of amides is 2. The zero-order valence-electron chi connectivity index (χ0n) is 8.82. The molecule has 0 saturated carbocycles. The zero-order valence-corrected chi connectivity index (χ0v) is 8.82. The topological polar surface area (TPSA) is 58.4 Å². The van der Waals surface area contributed by atoms with E-state index in [1.165, 1.54) is 0 Å². The first-order chi connectivity index (χ1) is 7.25. The Bertz CT molecular complexity index is 342. The maximum Gasteiger partial charge on any atom is 0.317 e. The number of oxazole rings is 1. The molecule has 1 saturated heterocycles. The summed E-state index contributed by atoms with van der Waals surface area (Å²) in [4.78, 5) is 17.4. The molecular formula is C10H15N3O2. The molecule has 1 fully saturated rings. The molecule has 0 spiro atoms. The van der Waals surface area contributed by atoms with Crippen molar-refractivity contribution >= 4 is 6.03 Å². The van der Waals surface area contributed by atoms with E-state index in [4.69, 9.17) is 4.42 Å². The van der Waals surface area contributed by atoms with Gasteiger partial charge in [0.25, 0.3) is 0 Å². The number of nitrogens with one attached hydrogen (secondary N) is 1. The van der Waals surface area contributed by atoms with Crippen LogP contribution in [0.5, 0.6) is 0 Å².